The van der Waals surface area contributed by atoms with Gasteiger partial charge in [0, 0.05) is 12.4 Å². The molecule has 0 amide bonds. The van der Waals surface area contributed by atoms with E-state index in [0.717, 1.165) is 5.56 Å². The van der Waals surface area contributed by atoms with E-state index in [2.05, 4.69) is 0 Å². The van der Waals surface area contributed by atoms with Crippen LogP contribution in [-0.2, 0) is 9.53 Å². The maximum atomic E-state index is 11.8. The number of esters is 1. The highest BCUT2D eigenvalue weighted by Crippen LogP contribution is 2.19. The van der Waals surface area contributed by atoms with Gasteiger partial charge < -0.3 is 9.30 Å². The van der Waals surface area contributed by atoms with E-state index < -0.39 is 6.04 Å². The number of ether oxygens (including phenoxy) is 1. The third-order valence-corrected chi connectivity index (χ3v) is 2.47. The molecule has 3 heteroatoms. The molecule has 82 valence electrons. The first-order valence-corrected chi connectivity index (χ1v) is 5.08. The molecule has 0 radical (unpaired) electrons. The zero-order chi connectivity index (χ0) is 11.4. The Bertz CT molecular complexity index is 448. The van der Waals surface area contributed by atoms with Crippen molar-refractivity contribution in [1.29, 1.82) is 0 Å². The third kappa shape index (κ3) is 1.98. The summed E-state index contributed by atoms with van der Waals surface area (Å²) in [5, 5.41) is 0. The van der Waals surface area contributed by atoms with Crippen molar-refractivity contribution >= 4 is 5.97 Å². The zero-order valence-corrected chi connectivity index (χ0v) is 9.04. The second kappa shape index (κ2) is 4.66. The fraction of sp³-hybridized carbons (Fsp3) is 0.154. The number of carbonyl (C=O) groups excluding carboxylic acids is 1. The minimum Gasteiger partial charge on any atom is -0.467 e. The van der Waals surface area contributed by atoms with Crippen LogP contribution in [0.15, 0.2) is 54.9 Å². The van der Waals surface area contributed by atoms with Gasteiger partial charge in [-0.15, -0.1) is 0 Å². The summed E-state index contributed by atoms with van der Waals surface area (Å²) in [4.78, 5) is 11.8. The molecule has 2 rings (SSSR count). The molecule has 0 saturated carbocycles. The number of hydrogen-bond acceptors (Lipinski definition) is 2. The SMILES string of the molecule is COC(=O)C(c1ccccc1)n1cccc1. The molecule has 0 N–H and O–H groups in total. The van der Waals surface area contributed by atoms with Gasteiger partial charge in [-0.3, -0.25) is 0 Å². The molecular formula is C13H13NO2. The van der Waals surface area contributed by atoms with Gasteiger partial charge in [0.25, 0.3) is 0 Å². The van der Waals surface area contributed by atoms with Crippen LogP contribution in [0.3, 0.4) is 0 Å². The Hall–Kier alpha value is -2.03. The molecule has 1 heterocycles. The highest BCUT2D eigenvalue weighted by molar-refractivity contribution is 5.78. The lowest BCUT2D eigenvalue weighted by atomic mass is 10.1. The van der Waals surface area contributed by atoms with Gasteiger partial charge in [0.2, 0.25) is 0 Å². The summed E-state index contributed by atoms with van der Waals surface area (Å²) >= 11 is 0. The van der Waals surface area contributed by atoms with Crippen LogP contribution in [0.5, 0.6) is 0 Å². The van der Waals surface area contributed by atoms with E-state index in [4.69, 9.17) is 4.74 Å². The van der Waals surface area contributed by atoms with E-state index in [1.807, 2.05) is 59.4 Å². The number of rotatable bonds is 3. The second-order valence-electron chi connectivity index (χ2n) is 3.47. The van der Waals surface area contributed by atoms with Crippen LogP contribution in [0.2, 0.25) is 0 Å². The van der Waals surface area contributed by atoms with E-state index in [0.29, 0.717) is 0 Å². The van der Waals surface area contributed by atoms with Crippen molar-refractivity contribution in [2.45, 2.75) is 6.04 Å². The monoisotopic (exact) mass is 215 g/mol. The van der Waals surface area contributed by atoms with Gasteiger partial charge in [0.1, 0.15) is 0 Å². The van der Waals surface area contributed by atoms with Crippen LogP contribution in [-0.4, -0.2) is 17.6 Å². The second-order valence-corrected chi connectivity index (χ2v) is 3.47. The maximum Gasteiger partial charge on any atom is 0.333 e. The van der Waals surface area contributed by atoms with Gasteiger partial charge in [0.15, 0.2) is 6.04 Å². The van der Waals surface area contributed by atoms with Gasteiger partial charge >= 0.3 is 5.97 Å². The topological polar surface area (TPSA) is 31.2 Å². The summed E-state index contributed by atoms with van der Waals surface area (Å²) in [6.45, 7) is 0. The van der Waals surface area contributed by atoms with Crippen molar-refractivity contribution in [3.8, 4) is 0 Å². The molecule has 0 spiro atoms. The summed E-state index contributed by atoms with van der Waals surface area (Å²) in [6, 6.07) is 13.0. The lowest BCUT2D eigenvalue weighted by Gasteiger charge is -2.16. The third-order valence-electron chi connectivity index (χ3n) is 2.47. The fourth-order valence-corrected chi connectivity index (χ4v) is 1.70. The Morgan fingerprint density at radius 2 is 1.75 bits per heavy atom. The lowest BCUT2D eigenvalue weighted by Crippen LogP contribution is -2.20. The summed E-state index contributed by atoms with van der Waals surface area (Å²) < 4.78 is 6.67. The van der Waals surface area contributed by atoms with E-state index in [1.165, 1.54) is 7.11 Å². The number of nitrogens with zero attached hydrogens (tertiary/aromatic N) is 1. The molecule has 0 saturated heterocycles. The van der Waals surface area contributed by atoms with E-state index in [9.17, 15) is 4.79 Å². The molecule has 16 heavy (non-hydrogen) atoms. The lowest BCUT2D eigenvalue weighted by molar-refractivity contribution is -0.143. The molecule has 0 aliphatic carbocycles. The van der Waals surface area contributed by atoms with Crippen molar-refractivity contribution in [3.05, 3.63) is 60.4 Å². The smallest absolute Gasteiger partial charge is 0.333 e. The predicted octanol–water partition coefficient (Wildman–Crippen LogP) is 2.25. The molecule has 2 aromatic rings. The minimum atomic E-state index is -0.402. The predicted molar refractivity (Wildman–Crippen MR) is 61.0 cm³/mol. The summed E-state index contributed by atoms with van der Waals surface area (Å²) in [5.74, 6) is -0.262. The van der Waals surface area contributed by atoms with Crippen LogP contribution in [0.4, 0.5) is 0 Å². The molecule has 1 atom stereocenters. The van der Waals surface area contributed by atoms with E-state index >= 15 is 0 Å². The quantitative estimate of drug-likeness (QED) is 0.735. The van der Waals surface area contributed by atoms with Gasteiger partial charge in [-0.2, -0.15) is 0 Å². The Kier molecular flexibility index (Phi) is 3.05. The molecule has 1 unspecified atom stereocenters. The molecule has 0 fully saturated rings. The van der Waals surface area contributed by atoms with Gasteiger partial charge in [0.05, 0.1) is 7.11 Å². The van der Waals surface area contributed by atoms with Crippen LogP contribution in [0.25, 0.3) is 0 Å². The first kappa shape index (κ1) is 10.5. The Morgan fingerprint density at radius 1 is 1.12 bits per heavy atom. The van der Waals surface area contributed by atoms with Crippen LogP contribution in [0.1, 0.15) is 11.6 Å². The van der Waals surface area contributed by atoms with E-state index in [-0.39, 0.29) is 5.97 Å². The first-order valence-electron chi connectivity index (χ1n) is 5.08. The van der Waals surface area contributed by atoms with Crippen molar-refractivity contribution < 1.29 is 9.53 Å². The molecule has 0 bridgehead atoms. The van der Waals surface area contributed by atoms with Crippen LogP contribution >= 0.6 is 0 Å². The number of carbonyl (C=O) groups is 1. The number of aromatic nitrogens is 1. The van der Waals surface area contributed by atoms with Crippen molar-refractivity contribution in [1.82, 2.24) is 4.57 Å². The van der Waals surface area contributed by atoms with E-state index in [1.54, 1.807) is 0 Å². The zero-order valence-electron chi connectivity index (χ0n) is 9.04. The molecule has 3 nitrogen and oxygen atoms in total. The standard InChI is InChI=1S/C13H13NO2/c1-16-13(15)12(14-9-5-6-10-14)11-7-3-2-4-8-11/h2-10,12H,1H3. The Morgan fingerprint density at radius 3 is 2.31 bits per heavy atom. The number of hydrogen-bond donors (Lipinski definition) is 0. The summed E-state index contributed by atoms with van der Waals surface area (Å²) in [6.07, 6.45) is 3.71. The average Bonchev–Trinajstić information content (AvgIpc) is 2.84. The maximum absolute atomic E-state index is 11.8. The van der Waals surface area contributed by atoms with Gasteiger partial charge in [-0.05, 0) is 17.7 Å². The van der Waals surface area contributed by atoms with Crippen LogP contribution < -0.4 is 0 Å². The minimum absolute atomic E-state index is 0.262. The highest BCUT2D eigenvalue weighted by atomic mass is 16.5. The van der Waals surface area contributed by atoms with Gasteiger partial charge in [-0.1, -0.05) is 30.3 Å². The summed E-state index contributed by atoms with van der Waals surface area (Å²) in [7, 11) is 1.40. The summed E-state index contributed by atoms with van der Waals surface area (Å²) in [5.41, 5.74) is 0.922. The van der Waals surface area contributed by atoms with Gasteiger partial charge in [-0.25, -0.2) is 4.79 Å². The first-order chi connectivity index (χ1) is 7.83. The van der Waals surface area contributed by atoms with Crippen LogP contribution in [0, 0.1) is 0 Å². The van der Waals surface area contributed by atoms with Crippen molar-refractivity contribution in [2.75, 3.05) is 7.11 Å². The molecule has 1 aromatic carbocycles. The van der Waals surface area contributed by atoms with Crippen molar-refractivity contribution in [3.63, 3.8) is 0 Å². The molecular weight excluding hydrogens is 202 g/mol. The fourth-order valence-electron chi connectivity index (χ4n) is 1.70. The normalized spacial score (nSPS) is 12.1. The Labute approximate surface area is 94.3 Å². The molecule has 0 aliphatic heterocycles. The largest absolute Gasteiger partial charge is 0.467 e. The average molecular weight is 215 g/mol. The number of methoxy groups -OCH3 is 1. The number of benzene rings is 1. The van der Waals surface area contributed by atoms with Crippen molar-refractivity contribution in [2.24, 2.45) is 0 Å². The highest BCUT2D eigenvalue weighted by Gasteiger charge is 2.21. The molecule has 0 aliphatic rings. The Balaban J connectivity index is 2.40. The molecule has 1 aromatic heterocycles.